The van der Waals surface area contributed by atoms with Crippen LogP contribution in [-0.2, 0) is 11.3 Å². The van der Waals surface area contributed by atoms with Crippen LogP contribution in [0.15, 0.2) is 23.0 Å². The van der Waals surface area contributed by atoms with Crippen molar-refractivity contribution in [3.8, 4) is 0 Å². The molecule has 0 bridgehead atoms. The van der Waals surface area contributed by atoms with Crippen molar-refractivity contribution in [2.24, 2.45) is 5.92 Å². The van der Waals surface area contributed by atoms with Gasteiger partial charge in [0.15, 0.2) is 4.77 Å². The lowest BCUT2D eigenvalue weighted by atomic mass is 9.99. The van der Waals surface area contributed by atoms with Crippen LogP contribution < -0.4 is 5.56 Å². The van der Waals surface area contributed by atoms with Gasteiger partial charge in [0.1, 0.15) is 0 Å². The highest BCUT2D eigenvalue weighted by atomic mass is 32.1. The van der Waals surface area contributed by atoms with E-state index in [4.69, 9.17) is 17.0 Å². The Bertz CT molecular complexity index is 903. The van der Waals surface area contributed by atoms with Crippen molar-refractivity contribution in [1.29, 1.82) is 0 Å². The maximum absolute atomic E-state index is 12.8. The Hall–Kier alpha value is -1.99. The highest BCUT2D eigenvalue weighted by Gasteiger charge is 2.22. The van der Waals surface area contributed by atoms with E-state index in [1.807, 2.05) is 4.90 Å². The first-order valence-electron chi connectivity index (χ1n) is 8.56. The van der Waals surface area contributed by atoms with Gasteiger partial charge in [0.2, 0.25) is 0 Å². The van der Waals surface area contributed by atoms with Gasteiger partial charge in [-0.25, -0.2) is 0 Å². The SMILES string of the molecule is COCCn1c(=S)[nH]c2cc(C(=O)N3CCCC(C)C3)ccc2c1=O. The predicted octanol–water partition coefficient (Wildman–Crippen LogP) is 2.58. The van der Waals surface area contributed by atoms with Crippen molar-refractivity contribution in [2.75, 3.05) is 26.8 Å². The van der Waals surface area contributed by atoms with Gasteiger partial charge in [0, 0.05) is 25.8 Å². The number of ether oxygens (including phenoxy) is 1. The molecule has 0 spiro atoms. The van der Waals surface area contributed by atoms with Crippen LogP contribution in [0, 0.1) is 10.7 Å². The standard InChI is InChI=1S/C18H23N3O3S/c1-12-4-3-7-20(11-12)16(22)13-5-6-14-15(10-13)19-18(25)21(17(14)23)8-9-24-2/h5-6,10,12H,3-4,7-9,11H2,1-2H3,(H,19,25). The zero-order valence-corrected chi connectivity index (χ0v) is 15.4. The number of nitrogens with one attached hydrogen (secondary N) is 1. The van der Waals surface area contributed by atoms with E-state index in [9.17, 15) is 9.59 Å². The Morgan fingerprint density at radius 2 is 2.24 bits per heavy atom. The van der Waals surface area contributed by atoms with Gasteiger partial charge in [0.05, 0.1) is 24.1 Å². The lowest BCUT2D eigenvalue weighted by Crippen LogP contribution is -2.39. The molecule has 1 unspecified atom stereocenters. The molecule has 1 aliphatic rings. The minimum Gasteiger partial charge on any atom is -0.383 e. The highest BCUT2D eigenvalue weighted by Crippen LogP contribution is 2.19. The lowest BCUT2D eigenvalue weighted by Gasteiger charge is -2.31. The van der Waals surface area contributed by atoms with E-state index in [2.05, 4.69) is 11.9 Å². The van der Waals surface area contributed by atoms with Crippen molar-refractivity contribution >= 4 is 29.0 Å². The summed E-state index contributed by atoms with van der Waals surface area (Å²) in [6.45, 7) is 4.54. The van der Waals surface area contributed by atoms with E-state index in [0.29, 0.717) is 40.3 Å². The number of fused-ring (bicyclic) bond motifs is 1. The van der Waals surface area contributed by atoms with Crippen LogP contribution in [0.2, 0.25) is 0 Å². The molecule has 7 heteroatoms. The monoisotopic (exact) mass is 361 g/mol. The van der Waals surface area contributed by atoms with E-state index in [0.717, 1.165) is 25.9 Å². The molecule has 134 valence electrons. The maximum Gasteiger partial charge on any atom is 0.262 e. The molecule has 1 N–H and O–H groups in total. The van der Waals surface area contributed by atoms with Crippen LogP contribution in [0.4, 0.5) is 0 Å². The number of nitrogens with zero attached hydrogens (tertiary/aromatic N) is 2. The van der Waals surface area contributed by atoms with Crippen molar-refractivity contribution < 1.29 is 9.53 Å². The average Bonchev–Trinajstić information content (AvgIpc) is 2.60. The van der Waals surface area contributed by atoms with E-state index in [1.165, 1.54) is 4.57 Å². The quantitative estimate of drug-likeness (QED) is 0.850. The van der Waals surface area contributed by atoms with Gasteiger partial charge in [0.25, 0.3) is 11.5 Å². The van der Waals surface area contributed by atoms with E-state index < -0.39 is 0 Å². The summed E-state index contributed by atoms with van der Waals surface area (Å²) in [4.78, 5) is 30.3. The molecule has 2 aromatic rings. The Balaban J connectivity index is 1.96. The Labute approximate surface area is 151 Å². The number of methoxy groups -OCH3 is 1. The van der Waals surface area contributed by atoms with Gasteiger partial charge < -0.3 is 14.6 Å². The fourth-order valence-electron chi connectivity index (χ4n) is 3.33. The van der Waals surface area contributed by atoms with Crippen molar-refractivity contribution in [1.82, 2.24) is 14.5 Å². The third-order valence-electron chi connectivity index (χ3n) is 4.69. The Morgan fingerprint density at radius 1 is 1.44 bits per heavy atom. The number of aromatic amines is 1. The molecule has 0 radical (unpaired) electrons. The van der Waals surface area contributed by atoms with Crippen LogP contribution in [0.1, 0.15) is 30.1 Å². The maximum atomic E-state index is 12.8. The van der Waals surface area contributed by atoms with E-state index in [1.54, 1.807) is 25.3 Å². The summed E-state index contributed by atoms with van der Waals surface area (Å²) in [6, 6.07) is 5.16. The van der Waals surface area contributed by atoms with Crippen molar-refractivity contribution in [3.05, 3.63) is 38.9 Å². The molecule has 6 nitrogen and oxygen atoms in total. The molecule has 0 aliphatic carbocycles. The Morgan fingerprint density at radius 3 is 2.96 bits per heavy atom. The molecule has 0 saturated carbocycles. The van der Waals surface area contributed by atoms with Crippen LogP contribution in [0.5, 0.6) is 0 Å². The fraction of sp³-hybridized carbons (Fsp3) is 0.500. The summed E-state index contributed by atoms with van der Waals surface area (Å²) < 4.78 is 6.84. The highest BCUT2D eigenvalue weighted by molar-refractivity contribution is 7.71. The zero-order valence-electron chi connectivity index (χ0n) is 14.6. The number of aromatic nitrogens is 2. The number of piperidine rings is 1. The minimum absolute atomic E-state index is 0.0105. The lowest BCUT2D eigenvalue weighted by molar-refractivity contribution is 0.0683. The van der Waals surface area contributed by atoms with Gasteiger partial charge >= 0.3 is 0 Å². The molecule has 1 atom stereocenters. The van der Waals surface area contributed by atoms with Gasteiger partial charge in [-0.2, -0.15) is 0 Å². The van der Waals surface area contributed by atoms with Crippen LogP contribution in [0.3, 0.4) is 0 Å². The molecular weight excluding hydrogens is 338 g/mol. The molecule has 1 saturated heterocycles. The summed E-state index contributed by atoms with van der Waals surface area (Å²) in [5.41, 5.74) is 1.02. The second-order valence-electron chi connectivity index (χ2n) is 6.64. The molecule has 1 fully saturated rings. The van der Waals surface area contributed by atoms with Gasteiger partial charge in [-0.05, 0) is 49.2 Å². The first-order valence-corrected chi connectivity index (χ1v) is 8.97. The second-order valence-corrected chi connectivity index (χ2v) is 7.03. The molecule has 25 heavy (non-hydrogen) atoms. The molecule has 1 aromatic heterocycles. The molecule has 1 aliphatic heterocycles. The number of benzene rings is 1. The number of likely N-dealkylation sites (tertiary alicyclic amines) is 1. The van der Waals surface area contributed by atoms with E-state index in [-0.39, 0.29) is 11.5 Å². The summed E-state index contributed by atoms with van der Waals surface area (Å²) in [6.07, 6.45) is 2.20. The number of rotatable bonds is 4. The first kappa shape index (κ1) is 17.8. The summed E-state index contributed by atoms with van der Waals surface area (Å²) in [5, 5.41) is 0.522. The molecular formula is C18H23N3O3S. The normalized spacial score (nSPS) is 17.8. The minimum atomic E-state index is -0.165. The largest absolute Gasteiger partial charge is 0.383 e. The van der Waals surface area contributed by atoms with Crippen molar-refractivity contribution in [2.45, 2.75) is 26.3 Å². The van der Waals surface area contributed by atoms with Crippen LogP contribution in [-0.4, -0.2) is 47.2 Å². The van der Waals surface area contributed by atoms with Gasteiger partial charge in [-0.15, -0.1) is 0 Å². The predicted molar refractivity (Wildman–Crippen MR) is 99.6 cm³/mol. The van der Waals surface area contributed by atoms with Gasteiger partial charge in [-0.1, -0.05) is 6.92 Å². The Kier molecular flexibility index (Phi) is 5.34. The molecule has 3 rings (SSSR count). The average molecular weight is 361 g/mol. The van der Waals surface area contributed by atoms with E-state index >= 15 is 0 Å². The summed E-state index contributed by atoms with van der Waals surface area (Å²) in [7, 11) is 1.58. The number of hydrogen-bond donors (Lipinski definition) is 1. The number of carbonyl (C=O) groups is 1. The van der Waals surface area contributed by atoms with Crippen LogP contribution >= 0.6 is 12.2 Å². The second kappa shape index (κ2) is 7.49. The summed E-state index contributed by atoms with van der Waals surface area (Å²) in [5.74, 6) is 0.535. The zero-order chi connectivity index (χ0) is 18.0. The third kappa shape index (κ3) is 3.67. The number of carbonyl (C=O) groups excluding carboxylic acids is 1. The number of hydrogen-bond acceptors (Lipinski definition) is 4. The van der Waals surface area contributed by atoms with Gasteiger partial charge in [-0.3, -0.25) is 14.2 Å². The third-order valence-corrected chi connectivity index (χ3v) is 5.01. The number of amides is 1. The van der Waals surface area contributed by atoms with Crippen LogP contribution in [0.25, 0.3) is 10.9 Å². The molecule has 2 heterocycles. The van der Waals surface area contributed by atoms with Crippen molar-refractivity contribution in [3.63, 3.8) is 0 Å². The molecule has 1 aromatic carbocycles. The fourth-order valence-corrected chi connectivity index (χ4v) is 3.61. The summed E-state index contributed by atoms with van der Waals surface area (Å²) >= 11 is 5.29. The smallest absolute Gasteiger partial charge is 0.262 e. The molecule has 1 amide bonds. The first-order chi connectivity index (χ1) is 12.0. The number of H-pyrrole nitrogens is 1. The topological polar surface area (TPSA) is 67.3 Å².